The van der Waals surface area contributed by atoms with Crippen LogP contribution in [0.4, 0.5) is 15.8 Å². The lowest BCUT2D eigenvalue weighted by atomic mass is 10.0. The number of halogens is 2. The SMILES string of the molecule is CC1C(=O)N(C)c2cc(F)c(Cl)cc2N1C1CCCC1. The summed E-state index contributed by atoms with van der Waals surface area (Å²) in [6, 6.07) is 3.15. The van der Waals surface area contributed by atoms with Gasteiger partial charge in [-0.3, -0.25) is 4.79 Å². The van der Waals surface area contributed by atoms with Crippen LogP contribution < -0.4 is 9.80 Å². The van der Waals surface area contributed by atoms with Crippen LogP contribution in [-0.4, -0.2) is 25.0 Å². The van der Waals surface area contributed by atoms with Crippen molar-refractivity contribution in [3.8, 4) is 0 Å². The Hall–Kier alpha value is -1.29. The molecule has 3 rings (SSSR count). The number of benzene rings is 1. The first-order valence-electron chi connectivity index (χ1n) is 7.05. The summed E-state index contributed by atoms with van der Waals surface area (Å²) in [6.07, 6.45) is 4.52. The van der Waals surface area contributed by atoms with E-state index in [4.69, 9.17) is 11.6 Å². The highest BCUT2D eigenvalue weighted by atomic mass is 35.5. The van der Waals surface area contributed by atoms with Crippen molar-refractivity contribution < 1.29 is 9.18 Å². The molecule has 3 nitrogen and oxygen atoms in total. The van der Waals surface area contributed by atoms with Gasteiger partial charge in [-0.05, 0) is 25.8 Å². The first kappa shape index (κ1) is 13.7. The Labute approximate surface area is 123 Å². The Morgan fingerprint density at radius 3 is 2.55 bits per heavy atom. The van der Waals surface area contributed by atoms with Gasteiger partial charge in [-0.1, -0.05) is 24.4 Å². The number of hydrogen-bond donors (Lipinski definition) is 0. The van der Waals surface area contributed by atoms with Crippen molar-refractivity contribution in [3.05, 3.63) is 23.0 Å². The second-order valence-corrected chi connectivity index (χ2v) is 6.08. The summed E-state index contributed by atoms with van der Waals surface area (Å²) in [7, 11) is 1.69. The molecule has 0 aromatic heterocycles. The van der Waals surface area contributed by atoms with E-state index in [2.05, 4.69) is 4.90 Å². The molecule has 1 aromatic rings. The van der Waals surface area contributed by atoms with Gasteiger partial charge in [0.25, 0.3) is 0 Å². The standard InChI is InChI=1S/C15H18ClFN2O/c1-9-15(20)18(2)13-8-12(17)11(16)7-14(13)19(9)10-5-3-4-6-10/h7-10H,3-6H2,1-2H3. The summed E-state index contributed by atoms with van der Waals surface area (Å²) >= 11 is 5.94. The van der Waals surface area contributed by atoms with Crippen molar-refractivity contribution in [3.63, 3.8) is 0 Å². The van der Waals surface area contributed by atoms with Gasteiger partial charge in [-0.2, -0.15) is 0 Å². The molecule has 5 heteroatoms. The molecule has 1 atom stereocenters. The second-order valence-electron chi connectivity index (χ2n) is 5.67. The smallest absolute Gasteiger partial charge is 0.249 e. The summed E-state index contributed by atoms with van der Waals surface area (Å²) in [4.78, 5) is 16.0. The van der Waals surface area contributed by atoms with E-state index in [9.17, 15) is 9.18 Å². The molecule has 0 radical (unpaired) electrons. The number of carbonyl (C=O) groups is 1. The lowest BCUT2D eigenvalue weighted by Crippen LogP contribution is -2.54. The highest BCUT2D eigenvalue weighted by Gasteiger charge is 2.38. The molecule has 108 valence electrons. The normalized spacial score (nSPS) is 23.4. The van der Waals surface area contributed by atoms with E-state index in [1.165, 1.54) is 23.8 Å². The predicted octanol–water partition coefficient (Wildman–Crippen LogP) is 3.59. The molecule has 1 unspecified atom stereocenters. The Kier molecular flexibility index (Phi) is 3.36. The highest BCUT2D eigenvalue weighted by Crippen LogP contribution is 2.42. The van der Waals surface area contributed by atoms with Crippen LogP contribution in [0.1, 0.15) is 32.6 Å². The van der Waals surface area contributed by atoms with Crippen molar-refractivity contribution in [2.75, 3.05) is 16.8 Å². The van der Waals surface area contributed by atoms with Gasteiger partial charge in [-0.15, -0.1) is 0 Å². The maximum Gasteiger partial charge on any atom is 0.249 e. The van der Waals surface area contributed by atoms with Gasteiger partial charge in [0.1, 0.15) is 11.9 Å². The zero-order chi connectivity index (χ0) is 14.4. The van der Waals surface area contributed by atoms with Gasteiger partial charge in [0.05, 0.1) is 16.4 Å². The fourth-order valence-corrected chi connectivity index (χ4v) is 3.58. The monoisotopic (exact) mass is 296 g/mol. The molecule has 1 fully saturated rings. The van der Waals surface area contributed by atoms with Gasteiger partial charge < -0.3 is 9.80 Å². The number of hydrogen-bond acceptors (Lipinski definition) is 2. The molecule has 1 heterocycles. The summed E-state index contributed by atoms with van der Waals surface area (Å²) < 4.78 is 13.7. The minimum Gasteiger partial charge on any atom is -0.355 e. The quantitative estimate of drug-likeness (QED) is 0.790. The van der Waals surface area contributed by atoms with Crippen molar-refractivity contribution >= 4 is 28.9 Å². The first-order valence-corrected chi connectivity index (χ1v) is 7.43. The molecule has 1 amide bonds. The zero-order valence-corrected chi connectivity index (χ0v) is 12.5. The molecule has 1 saturated carbocycles. The van der Waals surface area contributed by atoms with E-state index in [0.29, 0.717) is 11.7 Å². The maximum absolute atomic E-state index is 13.7. The lowest BCUT2D eigenvalue weighted by Gasteiger charge is -2.43. The molecule has 2 aliphatic rings. The average molecular weight is 297 g/mol. The number of nitrogens with zero attached hydrogens (tertiary/aromatic N) is 2. The molecule has 0 bridgehead atoms. The van der Waals surface area contributed by atoms with Gasteiger partial charge in [0, 0.05) is 19.2 Å². The number of carbonyl (C=O) groups excluding carboxylic acids is 1. The average Bonchev–Trinajstić information content (AvgIpc) is 2.93. The number of amides is 1. The third-order valence-corrected chi connectivity index (χ3v) is 4.77. The summed E-state index contributed by atoms with van der Waals surface area (Å²) in [5, 5.41) is 0.113. The molecule has 1 aliphatic heterocycles. The van der Waals surface area contributed by atoms with Crippen LogP contribution >= 0.6 is 11.6 Å². The molecule has 1 aliphatic carbocycles. The Balaban J connectivity index is 2.13. The van der Waals surface area contributed by atoms with Crippen molar-refractivity contribution in [1.82, 2.24) is 0 Å². The molecule has 0 saturated heterocycles. The molecule has 0 N–H and O–H groups in total. The second kappa shape index (κ2) is 4.92. The van der Waals surface area contributed by atoms with E-state index >= 15 is 0 Å². The van der Waals surface area contributed by atoms with Crippen LogP contribution in [0.5, 0.6) is 0 Å². The Morgan fingerprint density at radius 1 is 1.25 bits per heavy atom. The van der Waals surface area contributed by atoms with E-state index in [-0.39, 0.29) is 17.0 Å². The van der Waals surface area contributed by atoms with Gasteiger partial charge >= 0.3 is 0 Å². The summed E-state index contributed by atoms with van der Waals surface area (Å²) in [5.74, 6) is -0.475. The number of fused-ring (bicyclic) bond motifs is 1. The summed E-state index contributed by atoms with van der Waals surface area (Å²) in [6.45, 7) is 1.91. The molecular formula is C15H18ClFN2O. The number of rotatable bonds is 1. The van der Waals surface area contributed by atoms with Crippen LogP contribution in [0.3, 0.4) is 0 Å². The molecule has 1 aromatic carbocycles. The molecular weight excluding hydrogens is 279 g/mol. The van der Waals surface area contributed by atoms with E-state index in [0.717, 1.165) is 18.5 Å². The third-order valence-electron chi connectivity index (χ3n) is 4.48. The van der Waals surface area contributed by atoms with Crippen molar-refractivity contribution in [2.24, 2.45) is 0 Å². The van der Waals surface area contributed by atoms with Crippen LogP contribution in [0.2, 0.25) is 5.02 Å². The minimum atomic E-state index is -0.481. The van der Waals surface area contributed by atoms with Crippen LogP contribution in [0.25, 0.3) is 0 Å². The first-order chi connectivity index (χ1) is 9.50. The maximum atomic E-state index is 13.7. The minimum absolute atomic E-state index is 0.00567. The van der Waals surface area contributed by atoms with E-state index in [1.807, 2.05) is 6.92 Å². The van der Waals surface area contributed by atoms with Crippen LogP contribution in [-0.2, 0) is 4.79 Å². The van der Waals surface area contributed by atoms with E-state index in [1.54, 1.807) is 13.1 Å². The zero-order valence-electron chi connectivity index (χ0n) is 11.7. The van der Waals surface area contributed by atoms with Crippen molar-refractivity contribution in [1.29, 1.82) is 0 Å². The predicted molar refractivity (Wildman–Crippen MR) is 79.0 cm³/mol. The number of anilines is 2. The number of likely N-dealkylation sites (N-methyl/N-ethyl adjacent to an activating group) is 1. The molecule has 20 heavy (non-hydrogen) atoms. The lowest BCUT2D eigenvalue weighted by molar-refractivity contribution is -0.119. The Bertz CT molecular complexity index is 557. The van der Waals surface area contributed by atoms with E-state index < -0.39 is 5.82 Å². The van der Waals surface area contributed by atoms with Crippen LogP contribution in [0, 0.1) is 5.82 Å². The summed E-state index contributed by atoms with van der Waals surface area (Å²) in [5.41, 5.74) is 1.49. The van der Waals surface area contributed by atoms with Crippen LogP contribution in [0.15, 0.2) is 12.1 Å². The fraction of sp³-hybridized carbons (Fsp3) is 0.533. The van der Waals surface area contributed by atoms with Gasteiger partial charge in [0.2, 0.25) is 5.91 Å². The third kappa shape index (κ3) is 1.97. The fourth-order valence-electron chi connectivity index (χ4n) is 3.42. The topological polar surface area (TPSA) is 23.6 Å². The largest absolute Gasteiger partial charge is 0.355 e. The molecule has 0 spiro atoms. The van der Waals surface area contributed by atoms with Crippen molar-refractivity contribution in [2.45, 2.75) is 44.7 Å². The van der Waals surface area contributed by atoms with Gasteiger partial charge in [-0.25, -0.2) is 4.39 Å². The Morgan fingerprint density at radius 2 is 1.90 bits per heavy atom. The van der Waals surface area contributed by atoms with Gasteiger partial charge in [0.15, 0.2) is 0 Å². The highest BCUT2D eigenvalue weighted by molar-refractivity contribution is 6.31.